The summed E-state index contributed by atoms with van der Waals surface area (Å²) in [6.07, 6.45) is 2.06. The number of nitrogens with one attached hydrogen (secondary N) is 2. The number of ether oxygens (including phenoxy) is 2. The Bertz CT molecular complexity index is 546. The predicted octanol–water partition coefficient (Wildman–Crippen LogP) is 3.70. The summed E-state index contributed by atoms with van der Waals surface area (Å²) < 4.78 is 34.4. The Morgan fingerprint density at radius 3 is 2.33 bits per heavy atom. The molecule has 4 nitrogen and oxygen atoms in total. The number of halogens is 2. The first-order valence-electron chi connectivity index (χ1n) is 8.25. The molecule has 1 saturated heterocycles. The second kappa shape index (κ2) is 7.23. The van der Waals surface area contributed by atoms with E-state index in [0.29, 0.717) is 18.3 Å². The van der Waals surface area contributed by atoms with Gasteiger partial charge in [0.05, 0.1) is 7.11 Å². The van der Waals surface area contributed by atoms with Gasteiger partial charge >= 0.3 is 6.61 Å². The number of methoxy groups -OCH3 is 1. The van der Waals surface area contributed by atoms with Gasteiger partial charge in [0.2, 0.25) is 0 Å². The molecule has 136 valence electrons. The molecule has 0 saturated carbocycles. The highest BCUT2D eigenvalue weighted by atomic mass is 19.3. The van der Waals surface area contributed by atoms with Crippen LogP contribution in [0.15, 0.2) is 18.2 Å². The monoisotopic (exact) mass is 342 g/mol. The van der Waals surface area contributed by atoms with E-state index >= 15 is 0 Å². The van der Waals surface area contributed by atoms with Gasteiger partial charge in [-0.05, 0) is 58.2 Å². The Kier molecular flexibility index (Phi) is 5.71. The van der Waals surface area contributed by atoms with Crippen molar-refractivity contribution in [2.24, 2.45) is 0 Å². The fourth-order valence-electron chi connectivity index (χ4n) is 3.74. The highest BCUT2D eigenvalue weighted by molar-refractivity contribution is 5.43. The van der Waals surface area contributed by atoms with Crippen molar-refractivity contribution in [2.45, 2.75) is 70.8 Å². The number of hydrogen-bond donors (Lipinski definition) is 2. The van der Waals surface area contributed by atoms with Gasteiger partial charge in [0.1, 0.15) is 0 Å². The van der Waals surface area contributed by atoms with Gasteiger partial charge in [0, 0.05) is 23.7 Å². The van der Waals surface area contributed by atoms with E-state index in [2.05, 4.69) is 43.1 Å². The standard InChI is InChI=1S/C18H28F2N2O2/c1-17(2)9-13(10-18(3,4)22-17)21-11-12-6-7-14(24-16(19)20)15(8-12)23-5/h6-8,13,16,21-22H,9-11H2,1-5H3. The Morgan fingerprint density at radius 1 is 1.17 bits per heavy atom. The Hall–Kier alpha value is -1.40. The maximum absolute atomic E-state index is 12.4. The molecule has 2 N–H and O–H groups in total. The van der Waals surface area contributed by atoms with Gasteiger partial charge in [-0.3, -0.25) is 0 Å². The number of hydrogen-bond acceptors (Lipinski definition) is 4. The zero-order valence-electron chi connectivity index (χ0n) is 15.1. The predicted molar refractivity (Wildman–Crippen MR) is 90.8 cm³/mol. The van der Waals surface area contributed by atoms with E-state index in [1.54, 1.807) is 12.1 Å². The Morgan fingerprint density at radius 2 is 1.79 bits per heavy atom. The van der Waals surface area contributed by atoms with E-state index in [0.717, 1.165) is 18.4 Å². The lowest BCUT2D eigenvalue weighted by Crippen LogP contribution is -2.61. The normalized spacial score (nSPS) is 20.2. The van der Waals surface area contributed by atoms with Gasteiger partial charge in [0.15, 0.2) is 11.5 Å². The Labute approximate surface area is 142 Å². The second-order valence-corrected chi connectivity index (χ2v) is 7.74. The van der Waals surface area contributed by atoms with E-state index in [1.165, 1.54) is 13.2 Å². The third kappa shape index (κ3) is 5.31. The van der Waals surface area contributed by atoms with Gasteiger partial charge < -0.3 is 20.1 Å². The molecule has 1 aromatic rings. The summed E-state index contributed by atoms with van der Waals surface area (Å²) in [5.41, 5.74) is 1.13. The van der Waals surface area contributed by atoms with Gasteiger partial charge in [-0.25, -0.2) is 0 Å². The lowest BCUT2D eigenvalue weighted by Gasteiger charge is -2.46. The molecule has 0 aliphatic carbocycles. The van der Waals surface area contributed by atoms with Crippen LogP contribution in [0, 0.1) is 0 Å². The molecule has 1 heterocycles. The number of benzene rings is 1. The summed E-state index contributed by atoms with van der Waals surface area (Å²) in [7, 11) is 1.45. The maximum atomic E-state index is 12.4. The number of alkyl halides is 2. The van der Waals surface area contributed by atoms with E-state index in [-0.39, 0.29) is 16.8 Å². The van der Waals surface area contributed by atoms with Crippen LogP contribution < -0.4 is 20.1 Å². The average molecular weight is 342 g/mol. The molecule has 1 aliphatic rings. The first-order chi connectivity index (χ1) is 11.1. The number of piperidine rings is 1. The van der Waals surface area contributed by atoms with Crippen LogP contribution in [0.5, 0.6) is 11.5 Å². The van der Waals surface area contributed by atoms with Crippen molar-refractivity contribution >= 4 is 0 Å². The molecule has 1 aromatic carbocycles. The van der Waals surface area contributed by atoms with Crippen molar-refractivity contribution in [2.75, 3.05) is 7.11 Å². The zero-order valence-corrected chi connectivity index (χ0v) is 15.1. The van der Waals surface area contributed by atoms with Crippen LogP contribution in [0.1, 0.15) is 46.1 Å². The van der Waals surface area contributed by atoms with Crippen LogP contribution in [0.2, 0.25) is 0 Å². The fraction of sp³-hybridized carbons (Fsp3) is 0.667. The van der Waals surface area contributed by atoms with Crippen LogP contribution in [0.4, 0.5) is 8.78 Å². The van der Waals surface area contributed by atoms with E-state index in [4.69, 9.17) is 4.74 Å². The van der Waals surface area contributed by atoms with Crippen LogP contribution in [-0.4, -0.2) is 30.8 Å². The molecule has 0 amide bonds. The van der Waals surface area contributed by atoms with Gasteiger partial charge in [-0.1, -0.05) is 6.07 Å². The van der Waals surface area contributed by atoms with Crippen LogP contribution in [0.3, 0.4) is 0 Å². The molecule has 0 radical (unpaired) electrons. The van der Waals surface area contributed by atoms with Crippen molar-refractivity contribution < 1.29 is 18.3 Å². The molecule has 0 spiro atoms. The highest BCUT2D eigenvalue weighted by Gasteiger charge is 2.37. The summed E-state index contributed by atoms with van der Waals surface area (Å²) >= 11 is 0. The van der Waals surface area contributed by atoms with Gasteiger partial charge in [0.25, 0.3) is 0 Å². The third-order valence-electron chi connectivity index (χ3n) is 4.23. The lowest BCUT2D eigenvalue weighted by atomic mass is 9.79. The van der Waals surface area contributed by atoms with Crippen LogP contribution in [-0.2, 0) is 6.54 Å². The average Bonchev–Trinajstić information content (AvgIpc) is 2.42. The van der Waals surface area contributed by atoms with Crippen LogP contribution in [0.25, 0.3) is 0 Å². The largest absolute Gasteiger partial charge is 0.493 e. The Balaban J connectivity index is 2.01. The van der Waals surface area contributed by atoms with Crippen molar-refractivity contribution in [3.8, 4) is 11.5 Å². The van der Waals surface area contributed by atoms with Crippen molar-refractivity contribution in [1.29, 1.82) is 0 Å². The summed E-state index contributed by atoms with van der Waals surface area (Å²) in [4.78, 5) is 0. The smallest absolute Gasteiger partial charge is 0.387 e. The first kappa shape index (κ1) is 18.9. The number of rotatable bonds is 6. The minimum Gasteiger partial charge on any atom is -0.493 e. The van der Waals surface area contributed by atoms with Crippen molar-refractivity contribution in [3.05, 3.63) is 23.8 Å². The van der Waals surface area contributed by atoms with Crippen molar-refractivity contribution in [1.82, 2.24) is 10.6 Å². The summed E-state index contributed by atoms with van der Waals surface area (Å²) in [6.45, 7) is 6.64. The third-order valence-corrected chi connectivity index (χ3v) is 4.23. The second-order valence-electron chi connectivity index (χ2n) is 7.74. The maximum Gasteiger partial charge on any atom is 0.387 e. The fourth-order valence-corrected chi connectivity index (χ4v) is 3.74. The van der Waals surface area contributed by atoms with Gasteiger partial charge in [-0.15, -0.1) is 0 Å². The SMILES string of the molecule is COc1cc(CNC2CC(C)(C)NC(C)(C)C2)ccc1OC(F)F. The molecular weight excluding hydrogens is 314 g/mol. The summed E-state index contributed by atoms with van der Waals surface area (Å²) in [5, 5.41) is 7.23. The molecule has 6 heteroatoms. The topological polar surface area (TPSA) is 42.5 Å². The lowest BCUT2D eigenvalue weighted by molar-refractivity contribution is -0.0512. The molecule has 0 aromatic heterocycles. The molecule has 1 fully saturated rings. The molecule has 1 aliphatic heterocycles. The quantitative estimate of drug-likeness (QED) is 0.827. The molecule has 2 rings (SSSR count). The zero-order chi connectivity index (χ0) is 18.0. The molecule has 24 heavy (non-hydrogen) atoms. The molecular formula is C18H28F2N2O2. The van der Waals surface area contributed by atoms with Gasteiger partial charge in [-0.2, -0.15) is 8.78 Å². The molecule has 0 unspecified atom stereocenters. The summed E-state index contributed by atoms with van der Waals surface area (Å²) in [5.74, 6) is 0.376. The minimum atomic E-state index is -2.86. The first-order valence-corrected chi connectivity index (χ1v) is 8.25. The van der Waals surface area contributed by atoms with Crippen LogP contribution >= 0.6 is 0 Å². The summed E-state index contributed by atoms with van der Waals surface area (Å²) in [6, 6.07) is 5.43. The highest BCUT2D eigenvalue weighted by Crippen LogP contribution is 2.31. The molecule has 0 bridgehead atoms. The molecule has 0 atom stereocenters. The van der Waals surface area contributed by atoms with Crippen molar-refractivity contribution in [3.63, 3.8) is 0 Å². The minimum absolute atomic E-state index is 0.0559. The van der Waals surface area contributed by atoms with E-state index in [1.807, 2.05) is 0 Å². The van der Waals surface area contributed by atoms with E-state index < -0.39 is 6.61 Å². The van der Waals surface area contributed by atoms with E-state index in [9.17, 15) is 8.78 Å².